The molecule has 1 aliphatic carbocycles. The SMILES string of the molecule is C#CC#CC#CC#CC#CC#CC#CC#CC#CC#CC#CC#CC#CC.Cn1c(N2CCC3(CC2)Cc2ccccc2[C@H]3N)ncc(N2CCCc3ccccc32)c1=O.N=N/N=N/N=O.[HH].[HH].[HH].[HH].[HH].[HH].[HH].[HH].[HH].[HH].[HH].[HH].[HH]. The summed E-state index contributed by atoms with van der Waals surface area (Å²) in [5.41, 5.74) is 18.5. The van der Waals surface area contributed by atoms with E-state index >= 15 is 0 Å². The van der Waals surface area contributed by atoms with Crippen LogP contribution in [0.2, 0.25) is 0 Å². The average molecular weight is 883 g/mol. The number of terminal acetylenes is 1. The van der Waals surface area contributed by atoms with Gasteiger partial charge in [-0.1, -0.05) is 48.4 Å². The molecule has 340 valence electrons. The van der Waals surface area contributed by atoms with Gasteiger partial charge in [0.15, 0.2) is 0 Å². The molecule has 6 rings (SSSR count). The number of nitrogens with zero attached hydrogens (tertiary/aromatic N) is 8. The molecule has 1 aromatic heterocycles. The van der Waals surface area contributed by atoms with Crippen LogP contribution in [-0.2, 0) is 19.9 Å². The number of nitrogens with one attached hydrogen (secondary N) is 1. The molecule has 0 unspecified atom stereocenters. The number of hydrogen-bond acceptors (Lipinski definition) is 7. The fraction of sp³-hybridized carbons (Fsp3) is 0.222. The van der Waals surface area contributed by atoms with Gasteiger partial charge >= 0.3 is 0 Å². The molecule has 1 atom stereocenters. The third-order valence-electron chi connectivity index (χ3n) is 9.85. The first-order valence-electron chi connectivity index (χ1n) is 19.9. The number of hydrogen-bond donors (Lipinski definition) is 2. The van der Waals surface area contributed by atoms with Gasteiger partial charge in [0.05, 0.1) is 6.20 Å². The maximum Gasteiger partial charge on any atom is 0.278 e. The van der Waals surface area contributed by atoms with E-state index in [9.17, 15) is 4.79 Å². The second-order valence-electron chi connectivity index (χ2n) is 13.5. The van der Waals surface area contributed by atoms with E-state index in [0.717, 1.165) is 63.4 Å². The number of anilines is 3. The van der Waals surface area contributed by atoms with Crippen LogP contribution in [0.4, 0.5) is 17.3 Å². The zero-order chi connectivity index (χ0) is 47.1. The van der Waals surface area contributed by atoms with Crippen LogP contribution in [0.1, 0.15) is 67.5 Å². The van der Waals surface area contributed by atoms with Gasteiger partial charge in [0.1, 0.15) is 11.0 Å². The molecule has 1 saturated heterocycles. The zero-order valence-corrected chi connectivity index (χ0v) is 36.0. The summed E-state index contributed by atoms with van der Waals surface area (Å²) in [5, 5.41) is 9.22. The molecule has 0 saturated carbocycles. The van der Waals surface area contributed by atoms with Gasteiger partial charge < -0.3 is 15.5 Å². The minimum atomic E-state index is 0. The molecular weight excluding hydrogens is 821 g/mol. The van der Waals surface area contributed by atoms with Gasteiger partial charge in [-0.3, -0.25) is 9.36 Å². The first kappa shape index (κ1) is 48.6. The summed E-state index contributed by atoms with van der Waals surface area (Å²) in [7, 11) is 1.85. The third kappa shape index (κ3) is 14.8. The predicted molar refractivity (Wildman–Crippen MR) is 283 cm³/mol. The summed E-state index contributed by atoms with van der Waals surface area (Å²) in [4.78, 5) is 31.5. The Hall–Kier alpha value is -10.0. The number of aromatic nitrogens is 2. The molecule has 1 fully saturated rings. The van der Waals surface area contributed by atoms with Crippen LogP contribution in [0.25, 0.3) is 0 Å². The lowest BCUT2D eigenvalue weighted by atomic mass is 9.73. The summed E-state index contributed by atoms with van der Waals surface area (Å²) in [6.07, 6.45) is 11.9. The Kier molecular flexibility index (Phi) is 20.4. The number of rotatable bonds is 4. The van der Waals surface area contributed by atoms with E-state index in [-0.39, 0.29) is 35.6 Å². The lowest BCUT2D eigenvalue weighted by molar-refractivity contribution is 0.186. The van der Waals surface area contributed by atoms with Crippen LogP contribution >= 0.6 is 0 Å². The van der Waals surface area contributed by atoms with Gasteiger partial charge in [0.2, 0.25) is 5.95 Å². The molecule has 12 heteroatoms. The van der Waals surface area contributed by atoms with E-state index in [1.165, 1.54) is 16.7 Å². The van der Waals surface area contributed by atoms with Crippen LogP contribution in [0.5, 0.6) is 0 Å². The van der Waals surface area contributed by atoms with Crippen molar-refractivity contribution in [3.63, 3.8) is 0 Å². The predicted octanol–water partition coefficient (Wildman–Crippen LogP) is 8.65. The zero-order valence-electron chi connectivity index (χ0n) is 36.0. The highest BCUT2D eigenvalue weighted by atomic mass is 16.3. The van der Waals surface area contributed by atoms with E-state index in [4.69, 9.17) is 27.6 Å². The van der Waals surface area contributed by atoms with E-state index in [0.29, 0.717) is 5.69 Å². The molecule has 0 radical (unpaired) electrons. The van der Waals surface area contributed by atoms with Gasteiger partial charge in [-0.15, -0.1) is 11.3 Å². The van der Waals surface area contributed by atoms with E-state index in [1.807, 2.05) is 18.4 Å². The largest absolute Gasteiger partial charge is 0.342 e. The highest BCUT2D eigenvalue weighted by Crippen LogP contribution is 2.50. The molecule has 2 aliphatic heterocycles. The van der Waals surface area contributed by atoms with Crippen LogP contribution in [0, 0.1) is 170 Å². The molecule has 3 aromatic rings. The Morgan fingerprint density at radius 3 is 1.70 bits per heavy atom. The Morgan fingerprint density at radius 2 is 1.21 bits per heavy atom. The fourth-order valence-electron chi connectivity index (χ4n) is 7.03. The highest BCUT2D eigenvalue weighted by Gasteiger charge is 2.46. The quantitative estimate of drug-likeness (QED) is 0.116. The van der Waals surface area contributed by atoms with Crippen molar-refractivity contribution in [3.05, 3.63) is 86.7 Å². The first-order valence-corrected chi connectivity index (χ1v) is 19.9. The van der Waals surface area contributed by atoms with Crippen molar-refractivity contribution in [1.82, 2.24) is 9.55 Å². The Balaban J connectivity index is -0.000000120. The van der Waals surface area contributed by atoms with Crippen molar-refractivity contribution in [3.8, 4) is 154 Å². The van der Waals surface area contributed by atoms with Crippen molar-refractivity contribution in [1.29, 1.82) is 5.53 Å². The maximum atomic E-state index is 13.4. The second-order valence-corrected chi connectivity index (χ2v) is 13.5. The smallest absolute Gasteiger partial charge is 0.278 e. The van der Waals surface area contributed by atoms with Gasteiger partial charge in [-0.05, 0) is 172 Å². The van der Waals surface area contributed by atoms with Crippen LogP contribution in [-0.4, -0.2) is 29.2 Å². The normalized spacial score (nSPS) is 13.0. The van der Waals surface area contributed by atoms with Gasteiger partial charge in [0.25, 0.3) is 5.56 Å². The standard InChI is InChI=1S/C27H31N5O.C27H4.HN5O.13H2/c1-30-25(33)23(32-14-6-9-19-7-3-5-11-22(19)32)18-29-26(30)31-15-12-27(13-16-31)17-20-8-2-4-10-21(20)24(27)28;1-3-5-7-9-11-13-15-17-19-21-23-25-27-26-24-22-20-18-16-14-12-10-8-6-4-2;1-2-3-4-5-6;;;;;;;;;;;;;/h2-5,7-8,10-11,18,24H,6,9,12-17,28H2,1H3;1H,2H3;1H;13*1H/b;;2-1?,4-3+;;;;;;;;;;;;;/t24-;;;;;;;;;;;;;;;/m1.............../s1. The first-order chi connectivity index (χ1) is 32.4. The topological polar surface area (TPSA) is 158 Å². The molecule has 2 aromatic carbocycles. The monoisotopic (exact) mass is 883 g/mol. The minimum absolute atomic E-state index is 0. The van der Waals surface area contributed by atoms with Gasteiger partial charge in [0, 0.05) is 110 Å². The summed E-state index contributed by atoms with van der Waals surface area (Å²) in [5.74, 6) is 62.7. The fourth-order valence-corrected chi connectivity index (χ4v) is 7.03. The molecule has 1 spiro atoms. The van der Waals surface area contributed by atoms with Crippen LogP contribution in [0.15, 0.2) is 80.5 Å². The second kappa shape index (κ2) is 27.7. The van der Waals surface area contributed by atoms with Crippen molar-refractivity contribution >= 4 is 17.3 Å². The van der Waals surface area contributed by atoms with Crippen LogP contribution < -0.4 is 21.1 Å². The lowest BCUT2D eigenvalue weighted by Crippen LogP contribution is -2.46. The maximum absolute atomic E-state index is 13.4. The Morgan fingerprint density at radius 1 is 0.712 bits per heavy atom. The number of para-hydroxylation sites is 1. The molecular formula is C54H62N10O2. The van der Waals surface area contributed by atoms with E-state index in [2.05, 4.69) is 216 Å². The summed E-state index contributed by atoms with van der Waals surface area (Å²) in [6.45, 7) is 4.28. The van der Waals surface area contributed by atoms with Crippen molar-refractivity contribution < 1.29 is 18.5 Å². The molecule has 0 amide bonds. The summed E-state index contributed by atoms with van der Waals surface area (Å²) < 4.78 is 1.73. The number of nitroso groups, excluding NO2 is 1. The Bertz CT molecular complexity index is 3320. The van der Waals surface area contributed by atoms with E-state index in [1.54, 1.807) is 17.7 Å². The lowest BCUT2D eigenvalue weighted by Gasteiger charge is -2.42. The number of piperidine rings is 1. The van der Waals surface area contributed by atoms with Crippen molar-refractivity contribution in [2.24, 2.45) is 39.2 Å². The number of nitrogens with two attached hydrogens (primary N) is 1. The Labute approximate surface area is 405 Å². The molecule has 12 nitrogen and oxygen atoms in total. The summed E-state index contributed by atoms with van der Waals surface area (Å²) in [6, 6.07) is 17.1. The third-order valence-corrected chi connectivity index (χ3v) is 9.85. The van der Waals surface area contributed by atoms with Crippen molar-refractivity contribution in [2.75, 3.05) is 29.4 Å². The minimum Gasteiger partial charge on any atom is -0.342 e. The van der Waals surface area contributed by atoms with Gasteiger partial charge in [-0.25, -0.2) is 4.98 Å². The molecule has 3 heterocycles. The molecule has 66 heavy (non-hydrogen) atoms. The average Bonchev–Trinajstić information content (AvgIpc) is 3.62. The molecule has 0 bridgehead atoms. The number of benzene rings is 2. The summed E-state index contributed by atoms with van der Waals surface area (Å²) >= 11 is 0. The number of aryl methyl sites for hydroxylation is 1. The number of fused-ring (bicyclic) bond motifs is 2. The van der Waals surface area contributed by atoms with Crippen molar-refractivity contribution in [2.45, 2.75) is 45.1 Å². The van der Waals surface area contributed by atoms with E-state index < -0.39 is 0 Å². The highest BCUT2D eigenvalue weighted by molar-refractivity contribution is 5.67. The van der Waals surface area contributed by atoms with Gasteiger partial charge in [-0.2, -0.15) is 5.53 Å². The molecule has 3 aliphatic rings. The van der Waals surface area contributed by atoms with Crippen LogP contribution in [0.3, 0.4) is 0 Å². The molecule has 3 N–H and O–H groups in total.